The number of aryl methyl sites for hydroxylation is 2. The van der Waals surface area contributed by atoms with Crippen molar-refractivity contribution in [2.45, 2.75) is 24.8 Å². The van der Waals surface area contributed by atoms with E-state index in [1.165, 1.54) is 17.3 Å². The molecule has 26 heavy (non-hydrogen) atoms. The van der Waals surface area contributed by atoms with E-state index in [9.17, 15) is 0 Å². The third-order valence-electron chi connectivity index (χ3n) is 3.78. The van der Waals surface area contributed by atoms with Gasteiger partial charge in [0.25, 0.3) is 0 Å². The van der Waals surface area contributed by atoms with Gasteiger partial charge in [0.15, 0.2) is 0 Å². The molecule has 8 heteroatoms. The molecular formula is C18H16N6OS. The van der Waals surface area contributed by atoms with Gasteiger partial charge in [0.05, 0.1) is 11.4 Å². The summed E-state index contributed by atoms with van der Waals surface area (Å²) in [6, 6.07) is 16.0. The van der Waals surface area contributed by atoms with Gasteiger partial charge in [-0.2, -0.15) is 4.68 Å². The second kappa shape index (κ2) is 7.09. The van der Waals surface area contributed by atoms with Gasteiger partial charge in [-0.05, 0) is 54.1 Å². The van der Waals surface area contributed by atoms with Crippen molar-refractivity contribution in [2.24, 2.45) is 0 Å². The van der Waals surface area contributed by atoms with Crippen molar-refractivity contribution in [3.05, 3.63) is 65.5 Å². The van der Waals surface area contributed by atoms with E-state index in [4.69, 9.17) is 4.42 Å². The average molecular weight is 364 g/mol. The molecule has 0 unspecified atom stereocenters. The van der Waals surface area contributed by atoms with Gasteiger partial charge >= 0.3 is 0 Å². The Morgan fingerprint density at radius 1 is 0.962 bits per heavy atom. The summed E-state index contributed by atoms with van der Waals surface area (Å²) in [4.78, 5) is 0. The number of thioether (sulfide) groups is 1. The van der Waals surface area contributed by atoms with Gasteiger partial charge in [-0.25, -0.2) is 0 Å². The van der Waals surface area contributed by atoms with Crippen LogP contribution in [0.4, 0.5) is 0 Å². The minimum Gasteiger partial charge on any atom is -0.420 e. The molecule has 0 atom stereocenters. The lowest BCUT2D eigenvalue weighted by Crippen LogP contribution is -1.99. The number of aromatic nitrogens is 6. The molecule has 0 saturated carbocycles. The Labute approximate surface area is 154 Å². The molecule has 4 rings (SSSR count). The van der Waals surface area contributed by atoms with E-state index in [1.54, 1.807) is 4.68 Å². The predicted molar refractivity (Wildman–Crippen MR) is 97.9 cm³/mol. The fraction of sp³-hybridized carbons (Fsp3) is 0.167. The van der Waals surface area contributed by atoms with Gasteiger partial charge in [0.2, 0.25) is 16.9 Å². The molecule has 0 radical (unpaired) electrons. The number of rotatable bonds is 5. The highest BCUT2D eigenvalue weighted by Crippen LogP contribution is 2.24. The molecule has 0 N–H and O–H groups in total. The Hall–Kier alpha value is -3.00. The molecule has 0 aliphatic rings. The molecule has 0 saturated heterocycles. The van der Waals surface area contributed by atoms with Crippen LogP contribution in [0.5, 0.6) is 0 Å². The SMILES string of the molecule is Cc1ccc(-c2nnc(CSc3nnnn3-c3cccc(C)c3)o2)cc1. The van der Waals surface area contributed by atoms with Crippen molar-refractivity contribution in [1.29, 1.82) is 0 Å². The first-order chi connectivity index (χ1) is 12.7. The Morgan fingerprint density at radius 3 is 2.62 bits per heavy atom. The Bertz CT molecular complexity index is 1020. The molecular weight excluding hydrogens is 348 g/mol. The molecule has 130 valence electrons. The minimum absolute atomic E-state index is 0.491. The van der Waals surface area contributed by atoms with Crippen molar-refractivity contribution in [1.82, 2.24) is 30.4 Å². The highest BCUT2D eigenvalue weighted by molar-refractivity contribution is 7.98. The van der Waals surface area contributed by atoms with Crippen LogP contribution >= 0.6 is 11.8 Å². The van der Waals surface area contributed by atoms with Crippen LogP contribution in [0, 0.1) is 13.8 Å². The summed E-state index contributed by atoms with van der Waals surface area (Å²) < 4.78 is 7.45. The van der Waals surface area contributed by atoms with Gasteiger partial charge < -0.3 is 4.42 Å². The summed E-state index contributed by atoms with van der Waals surface area (Å²) in [5, 5.41) is 20.8. The summed E-state index contributed by atoms with van der Waals surface area (Å²) in [6.45, 7) is 4.07. The van der Waals surface area contributed by atoms with E-state index >= 15 is 0 Å². The van der Waals surface area contributed by atoms with Crippen LogP contribution in [0.15, 0.2) is 58.1 Å². The second-order valence-electron chi connectivity index (χ2n) is 5.87. The van der Waals surface area contributed by atoms with E-state index < -0.39 is 0 Å². The van der Waals surface area contributed by atoms with E-state index in [2.05, 4.69) is 25.7 Å². The predicted octanol–water partition coefficient (Wildman–Crippen LogP) is 3.62. The third-order valence-corrected chi connectivity index (χ3v) is 4.68. The quantitative estimate of drug-likeness (QED) is 0.500. The van der Waals surface area contributed by atoms with Crippen molar-refractivity contribution in [3.8, 4) is 17.1 Å². The van der Waals surface area contributed by atoms with Crippen molar-refractivity contribution in [2.75, 3.05) is 0 Å². The highest BCUT2D eigenvalue weighted by atomic mass is 32.2. The number of hydrogen-bond acceptors (Lipinski definition) is 7. The molecule has 4 aromatic rings. The lowest BCUT2D eigenvalue weighted by atomic mass is 10.1. The second-order valence-corrected chi connectivity index (χ2v) is 6.81. The molecule has 2 heterocycles. The molecule has 0 bridgehead atoms. The summed E-state index contributed by atoms with van der Waals surface area (Å²) in [7, 11) is 0. The Kier molecular flexibility index (Phi) is 4.49. The maximum atomic E-state index is 5.75. The maximum absolute atomic E-state index is 5.75. The van der Waals surface area contributed by atoms with Crippen LogP contribution in [0.3, 0.4) is 0 Å². The number of nitrogens with zero attached hydrogens (tertiary/aromatic N) is 6. The number of tetrazole rings is 1. The van der Waals surface area contributed by atoms with E-state index in [0.717, 1.165) is 16.8 Å². The first-order valence-electron chi connectivity index (χ1n) is 8.07. The highest BCUT2D eigenvalue weighted by Gasteiger charge is 2.13. The Morgan fingerprint density at radius 2 is 1.81 bits per heavy atom. The van der Waals surface area contributed by atoms with Crippen molar-refractivity contribution >= 4 is 11.8 Å². The smallest absolute Gasteiger partial charge is 0.247 e. The molecule has 0 spiro atoms. The Balaban J connectivity index is 1.49. The van der Waals surface area contributed by atoms with Crippen LogP contribution in [-0.4, -0.2) is 30.4 Å². The van der Waals surface area contributed by atoms with Crippen LogP contribution < -0.4 is 0 Å². The molecule has 0 aliphatic heterocycles. The van der Waals surface area contributed by atoms with Crippen molar-refractivity contribution in [3.63, 3.8) is 0 Å². The molecule has 2 aromatic carbocycles. The van der Waals surface area contributed by atoms with Crippen LogP contribution in [0.1, 0.15) is 17.0 Å². The summed E-state index contributed by atoms with van der Waals surface area (Å²) in [5.41, 5.74) is 4.16. The van der Waals surface area contributed by atoms with Crippen LogP contribution in [0.25, 0.3) is 17.1 Å². The van der Waals surface area contributed by atoms with Gasteiger partial charge in [0, 0.05) is 5.56 Å². The largest absolute Gasteiger partial charge is 0.420 e. The zero-order valence-corrected chi connectivity index (χ0v) is 15.1. The first kappa shape index (κ1) is 16.5. The number of hydrogen-bond donors (Lipinski definition) is 0. The third kappa shape index (κ3) is 3.50. The normalized spacial score (nSPS) is 11.0. The monoisotopic (exact) mass is 364 g/mol. The topological polar surface area (TPSA) is 82.5 Å². The van der Waals surface area contributed by atoms with E-state index in [-0.39, 0.29) is 0 Å². The zero-order valence-electron chi connectivity index (χ0n) is 14.3. The van der Waals surface area contributed by atoms with Crippen LogP contribution in [-0.2, 0) is 5.75 Å². The first-order valence-corrected chi connectivity index (χ1v) is 9.05. The molecule has 7 nitrogen and oxygen atoms in total. The molecule has 0 aliphatic carbocycles. The van der Waals surface area contributed by atoms with E-state index in [1.807, 2.05) is 62.4 Å². The lowest BCUT2D eigenvalue weighted by molar-refractivity contribution is 0.528. The summed E-state index contributed by atoms with van der Waals surface area (Å²) >= 11 is 1.45. The number of benzene rings is 2. The molecule has 0 amide bonds. The standard InChI is InChI=1S/C18H16N6OS/c1-12-6-8-14(9-7-12)17-20-19-16(25-17)11-26-18-21-22-23-24(18)15-5-3-4-13(2)10-15/h3-10H,11H2,1-2H3. The molecule has 0 fully saturated rings. The molecule has 2 aromatic heterocycles. The maximum Gasteiger partial charge on any atom is 0.247 e. The van der Waals surface area contributed by atoms with Crippen LogP contribution in [0.2, 0.25) is 0 Å². The lowest BCUT2D eigenvalue weighted by Gasteiger charge is -2.03. The fourth-order valence-electron chi connectivity index (χ4n) is 2.44. The van der Waals surface area contributed by atoms with Gasteiger partial charge in [-0.15, -0.1) is 15.3 Å². The summed E-state index contributed by atoms with van der Waals surface area (Å²) in [5.74, 6) is 1.54. The van der Waals surface area contributed by atoms with Gasteiger partial charge in [-0.3, -0.25) is 0 Å². The summed E-state index contributed by atoms with van der Waals surface area (Å²) in [6.07, 6.45) is 0. The van der Waals surface area contributed by atoms with Gasteiger partial charge in [0.1, 0.15) is 0 Å². The fourth-order valence-corrected chi connectivity index (χ4v) is 3.17. The van der Waals surface area contributed by atoms with Gasteiger partial charge in [-0.1, -0.05) is 41.6 Å². The minimum atomic E-state index is 0.491. The zero-order chi connectivity index (χ0) is 17.9. The van der Waals surface area contributed by atoms with E-state index in [0.29, 0.717) is 22.7 Å². The van der Waals surface area contributed by atoms with Crippen molar-refractivity contribution < 1.29 is 4.42 Å². The average Bonchev–Trinajstić information content (AvgIpc) is 3.30.